The number of carbonyl (C=O) groups excluding carboxylic acids is 2. The molecule has 3 rings (SSSR count). The van der Waals surface area contributed by atoms with E-state index in [9.17, 15) is 27.9 Å². The van der Waals surface area contributed by atoms with Crippen molar-refractivity contribution < 1.29 is 27.9 Å². The van der Waals surface area contributed by atoms with Gasteiger partial charge in [-0.1, -0.05) is 37.6 Å². The molecule has 1 aliphatic heterocycles. The van der Waals surface area contributed by atoms with E-state index in [0.717, 1.165) is 6.07 Å². The summed E-state index contributed by atoms with van der Waals surface area (Å²) in [7, 11) is 0. The molecule has 1 aromatic heterocycles. The largest absolute Gasteiger partial charge is 0.418 e. The summed E-state index contributed by atoms with van der Waals surface area (Å²) in [6.45, 7) is 3.72. The minimum absolute atomic E-state index is 0.0173. The van der Waals surface area contributed by atoms with Crippen LogP contribution in [-0.2, 0) is 12.7 Å². The summed E-state index contributed by atoms with van der Waals surface area (Å²) in [4.78, 5) is 30.6. The van der Waals surface area contributed by atoms with Crippen LogP contribution < -0.4 is 5.32 Å². The van der Waals surface area contributed by atoms with Crippen molar-refractivity contribution in [1.29, 1.82) is 0 Å². The molecule has 2 heterocycles. The van der Waals surface area contributed by atoms with Crippen LogP contribution in [0, 0.1) is 5.92 Å². The zero-order valence-corrected chi connectivity index (χ0v) is 16.9. The van der Waals surface area contributed by atoms with Gasteiger partial charge in [0.05, 0.1) is 29.5 Å². The second-order valence-electron chi connectivity index (χ2n) is 7.25. The number of anilines is 1. The molecule has 0 bridgehead atoms. The van der Waals surface area contributed by atoms with Gasteiger partial charge in [0.1, 0.15) is 10.8 Å². The third-order valence-corrected chi connectivity index (χ3v) is 5.16. The molecule has 1 atom stereocenters. The summed E-state index contributed by atoms with van der Waals surface area (Å²) in [5.74, 6) is -1.56. The van der Waals surface area contributed by atoms with Crippen LogP contribution in [0.1, 0.15) is 45.8 Å². The molecule has 1 aliphatic rings. The van der Waals surface area contributed by atoms with E-state index in [2.05, 4.69) is 10.3 Å². The number of alkyl halides is 3. The fourth-order valence-electron chi connectivity index (χ4n) is 3.44. The first kappa shape index (κ1) is 22.0. The Morgan fingerprint density at radius 3 is 2.60 bits per heavy atom. The first-order chi connectivity index (χ1) is 14.0. The minimum Gasteiger partial charge on any atom is -0.394 e. The van der Waals surface area contributed by atoms with Crippen LogP contribution in [-0.4, -0.2) is 39.5 Å². The van der Waals surface area contributed by atoms with Crippen molar-refractivity contribution in [2.45, 2.75) is 32.6 Å². The molecule has 10 heteroatoms. The number of halogens is 4. The molecule has 0 aliphatic carbocycles. The summed E-state index contributed by atoms with van der Waals surface area (Å²) < 4.78 is 39.8. The van der Waals surface area contributed by atoms with E-state index in [1.54, 1.807) is 12.1 Å². The summed E-state index contributed by atoms with van der Waals surface area (Å²) in [6.07, 6.45) is -4.80. The molecule has 1 aromatic carbocycles. The highest BCUT2D eigenvalue weighted by molar-refractivity contribution is 6.29. The van der Waals surface area contributed by atoms with Gasteiger partial charge in [0.15, 0.2) is 0 Å². The number of nitrogens with one attached hydrogen (secondary N) is 1. The zero-order chi connectivity index (χ0) is 22.2. The van der Waals surface area contributed by atoms with Crippen molar-refractivity contribution in [1.82, 2.24) is 9.88 Å². The number of aliphatic hydroxyl groups is 1. The van der Waals surface area contributed by atoms with Gasteiger partial charge >= 0.3 is 6.18 Å². The summed E-state index contributed by atoms with van der Waals surface area (Å²) in [5, 5.41) is 11.8. The normalized spacial score (nSPS) is 14.8. The van der Waals surface area contributed by atoms with E-state index >= 15 is 0 Å². The van der Waals surface area contributed by atoms with Gasteiger partial charge < -0.3 is 15.3 Å². The summed E-state index contributed by atoms with van der Waals surface area (Å²) >= 11 is 5.69. The standard InChI is InChI=1S/C20H19ClF3N3O3/c1-10(2)14(9-28)27-8-11-4-3-5-13(16(11)19(27)30)25-18(29)17-12(20(22,23)24)6-7-15(21)26-17/h3-7,10,14,28H,8-9H2,1-2H3,(H,25,29)/t14-/m0/s1. The fraction of sp³-hybridized carbons (Fsp3) is 0.350. The number of aromatic nitrogens is 1. The number of aliphatic hydroxyl groups excluding tert-OH is 1. The minimum atomic E-state index is -4.80. The van der Waals surface area contributed by atoms with Gasteiger partial charge in [0.25, 0.3) is 11.8 Å². The number of hydrogen-bond acceptors (Lipinski definition) is 4. The van der Waals surface area contributed by atoms with Crippen LogP contribution in [0.5, 0.6) is 0 Å². The Morgan fingerprint density at radius 2 is 2.00 bits per heavy atom. The average molecular weight is 442 g/mol. The first-order valence-corrected chi connectivity index (χ1v) is 9.51. The number of carbonyl (C=O) groups is 2. The van der Waals surface area contributed by atoms with Gasteiger partial charge in [-0.2, -0.15) is 13.2 Å². The number of nitrogens with zero attached hydrogens (tertiary/aromatic N) is 2. The number of rotatable bonds is 5. The molecule has 6 nitrogen and oxygen atoms in total. The fourth-order valence-corrected chi connectivity index (χ4v) is 3.59. The number of amides is 2. The third kappa shape index (κ3) is 4.13. The van der Waals surface area contributed by atoms with Crippen molar-refractivity contribution >= 4 is 29.1 Å². The molecule has 2 N–H and O–H groups in total. The van der Waals surface area contributed by atoms with E-state index in [4.69, 9.17) is 11.6 Å². The van der Waals surface area contributed by atoms with Gasteiger partial charge in [-0.25, -0.2) is 4.98 Å². The predicted octanol–water partition coefficient (Wildman–Crippen LogP) is 3.98. The molecule has 0 fully saturated rings. The van der Waals surface area contributed by atoms with E-state index < -0.39 is 35.3 Å². The number of pyridine rings is 1. The predicted molar refractivity (Wildman–Crippen MR) is 104 cm³/mol. The Balaban J connectivity index is 1.96. The van der Waals surface area contributed by atoms with Crippen LogP contribution in [0.15, 0.2) is 30.3 Å². The molecule has 0 unspecified atom stereocenters. The van der Waals surface area contributed by atoms with Gasteiger partial charge in [-0.3, -0.25) is 9.59 Å². The summed E-state index contributed by atoms with van der Waals surface area (Å²) in [5.41, 5.74) is -1.26. The van der Waals surface area contributed by atoms with E-state index in [1.807, 2.05) is 13.8 Å². The number of hydrogen-bond donors (Lipinski definition) is 2. The maximum Gasteiger partial charge on any atom is 0.418 e. The zero-order valence-electron chi connectivity index (χ0n) is 16.1. The Morgan fingerprint density at radius 1 is 1.30 bits per heavy atom. The monoisotopic (exact) mass is 441 g/mol. The van der Waals surface area contributed by atoms with Crippen molar-refractivity contribution in [3.63, 3.8) is 0 Å². The Bertz CT molecular complexity index is 995. The van der Waals surface area contributed by atoms with E-state index in [-0.39, 0.29) is 35.5 Å². The van der Waals surface area contributed by atoms with Crippen molar-refractivity contribution in [3.05, 3.63) is 57.9 Å². The second-order valence-corrected chi connectivity index (χ2v) is 7.64. The average Bonchev–Trinajstić information content (AvgIpc) is 2.98. The highest BCUT2D eigenvalue weighted by Crippen LogP contribution is 2.34. The molecule has 30 heavy (non-hydrogen) atoms. The molecule has 0 spiro atoms. The number of fused-ring (bicyclic) bond motifs is 1. The smallest absolute Gasteiger partial charge is 0.394 e. The first-order valence-electron chi connectivity index (χ1n) is 9.13. The molecule has 0 saturated carbocycles. The molecular weight excluding hydrogens is 423 g/mol. The quantitative estimate of drug-likeness (QED) is 0.688. The lowest BCUT2D eigenvalue weighted by molar-refractivity contribution is -0.138. The lowest BCUT2D eigenvalue weighted by Gasteiger charge is -2.29. The molecule has 0 radical (unpaired) electrons. The van der Waals surface area contributed by atoms with Gasteiger partial charge in [0.2, 0.25) is 0 Å². The molecular formula is C20H19ClF3N3O3. The topological polar surface area (TPSA) is 82.5 Å². The molecule has 2 aromatic rings. The van der Waals surface area contributed by atoms with Crippen LogP contribution >= 0.6 is 11.6 Å². The van der Waals surface area contributed by atoms with Gasteiger partial charge in [-0.05, 0) is 29.7 Å². The van der Waals surface area contributed by atoms with Crippen LogP contribution in [0.3, 0.4) is 0 Å². The Kier molecular flexibility index (Phi) is 6.05. The lowest BCUT2D eigenvalue weighted by Crippen LogP contribution is -2.41. The second kappa shape index (κ2) is 8.23. The Labute approximate surface area is 175 Å². The third-order valence-electron chi connectivity index (χ3n) is 4.95. The highest BCUT2D eigenvalue weighted by Gasteiger charge is 2.38. The molecule has 160 valence electrons. The molecule has 0 saturated heterocycles. The SMILES string of the molecule is CC(C)[C@H](CO)N1Cc2cccc(NC(=O)c3nc(Cl)ccc3C(F)(F)F)c2C1=O. The Hall–Kier alpha value is -2.65. The maximum atomic E-state index is 13.3. The highest BCUT2D eigenvalue weighted by atomic mass is 35.5. The van der Waals surface area contributed by atoms with Crippen LogP contribution in [0.4, 0.5) is 18.9 Å². The van der Waals surface area contributed by atoms with Crippen LogP contribution in [0.25, 0.3) is 0 Å². The maximum absolute atomic E-state index is 13.3. The van der Waals surface area contributed by atoms with E-state index in [0.29, 0.717) is 11.6 Å². The van der Waals surface area contributed by atoms with Crippen molar-refractivity contribution in [3.8, 4) is 0 Å². The molecule has 2 amide bonds. The van der Waals surface area contributed by atoms with Crippen molar-refractivity contribution in [2.24, 2.45) is 5.92 Å². The summed E-state index contributed by atoms with van der Waals surface area (Å²) in [6, 6.07) is 5.91. The van der Waals surface area contributed by atoms with Crippen molar-refractivity contribution in [2.75, 3.05) is 11.9 Å². The van der Waals surface area contributed by atoms with E-state index in [1.165, 1.54) is 11.0 Å². The number of benzene rings is 1. The van der Waals surface area contributed by atoms with Crippen LogP contribution in [0.2, 0.25) is 5.15 Å². The van der Waals surface area contributed by atoms with Gasteiger partial charge in [0, 0.05) is 6.54 Å². The van der Waals surface area contributed by atoms with Gasteiger partial charge in [-0.15, -0.1) is 0 Å². The lowest BCUT2D eigenvalue weighted by atomic mass is 10.0.